The monoisotopic (exact) mass is 273 g/mol. The fourth-order valence-electron chi connectivity index (χ4n) is 3.48. The molecule has 3 heterocycles. The fraction of sp³-hybridized carbons (Fsp3) is 0.625. The number of carbonyl (C=O) groups excluding carboxylic acids is 1. The predicted octanol–water partition coefficient (Wildman–Crippen LogP) is 2.67. The van der Waals surface area contributed by atoms with Crippen molar-refractivity contribution in [1.82, 2.24) is 9.88 Å². The van der Waals surface area contributed by atoms with Gasteiger partial charge >= 0.3 is 0 Å². The lowest BCUT2D eigenvalue weighted by Crippen LogP contribution is -2.31. The van der Waals surface area contributed by atoms with Crippen LogP contribution in [0.3, 0.4) is 0 Å². The number of piperidine rings is 1. The number of hydrogen-bond donors (Lipinski definition) is 0. The standard InChI is InChI=1S/C16H23N3O/c1-13-10-14(15-6-5-9-19(15)12-20)11-17-16(13)18-7-3-2-4-8-18/h10-12,15H,2-9H2,1H3. The Morgan fingerprint density at radius 2 is 2.00 bits per heavy atom. The Bertz CT molecular complexity index is 483. The second-order valence-corrected chi connectivity index (χ2v) is 5.96. The first-order valence-corrected chi connectivity index (χ1v) is 7.72. The number of carbonyl (C=O) groups is 1. The van der Waals surface area contributed by atoms with Gasteiger partial charge in [-0.25, -0.2) is 4.98 Å². The number of likely N-dealkylation sites (tertiary alicyclic amines) is 1. The Balaban J connectivity index is 1.81. The van der Waals surface area contributed by atoms with Crippen molar-refractivity contribution in [2.24, 2.45) is 0 Å². The van der Waals surface area contributed by atoms with Crippen molar-refractivity contribution in [3.8, 4) is 0 Å². The van der Waals surface area contributed by atoms with Crippen LogP contribution in [-0.2, 0) is 4.79 Å². The van der Waals surface area contributed by atoms with Gasteiger partial charge in [0, 0.05) is 25.8 Å². The van der Waals surface area contributed by atoms with Crippen LogP contribution in [0.5, 0.6) is 0 Å². The third kappa shape index (κ3) is 2.51. The molecule has 1 aromatic rings. The first-order chi connectivity index (χ1) is 9.79. The van der Waals surface area contributed by atoms with E-state index in [9.17, 15) is 4.79 Å². The van der Waals surface area contributed by atoms with Gasteiger partial charge in [0.15, 0.2) is 0 Å². The molecule has 0 saturated carbocycles. The quantitative estimate of drug-likeness (QED) is 0.794. The third-order valence-corrected chi connectivity index (χ3v) is 4.54. The van der Waals surface area contributed by atoms with E-state index in [0.29, 0.717) is 0 Å². The van der Waals surface area contributed by atoms with Crippen molar-refractivity contribution in [2.45, 2.75) is 45.1 Å². The molecule has 2 saturated heterocycles. The minimum atomic E-state index is 0.231. The molecule has 2 aliphatic rings. The van der Waals surface area contributed by atoms with Crippen molar-refractivity contribution in [3.05, 3.63) is 23.4 Å². The summed E-state index contributed by atoms with van der Waals surface area (Å²) < 4.78 is 0. The summed E-state index contributed by atoms with van der Waals surface area (Å²) in [5, 5.41) is 0. The minimum Gasteiger partial charge on any atom is -0.356 e. The van der Waals surface area contributed by atoms with E-state index < -0.39 is 0 Å². The van der Waals surface area contributed by atoms with Crippen LogP contribution in [0.1, 0.15) is 49.3 Å². The van der Waals surface area contributed by atoms with E-state index in [1.54, 1.807) is 0 Å². The highest BCUT2D eigenvalue weighted by Gasteiger charge is 2.25. The van der Waals surface area contributed by atoms with Crippen LogP contribution >= 0.6 is 0 Å². The van der Waals surface area contributed by atoms with Crippen LogP contribution in [-0.4, -0.2) is 35.9 Å². The molecule has 1 amide bonds. The summed E-state index contributed by atoms with van der Waals surface area (Å²) in [6.07, 6.45) is 8.98. The molecular formula is C16H23N3O. The molecule has 0 N–H and O–H groups in total. The fourth-order valence-corrected chi connectivity index (χ4v) is 3.48. The maximum Gasteiger partial charge on any atom is 0.210 e. The van der Waals surface area contributed by atoms with Gasteiger partial charge in [0.25, 0.3) is 0 Å². The Morgan fingerprint density at radius 3 is 2.70 bits per heavy atom. The summed E-state index contributed by atoms with van der Waals surface area (Å²) in [5.74, 6) is 1.13. The van der Waals surface area contributed by atoms with Gasteiger partial charge in [-0.05, 0) is 56.2 Å². The predicted molar refractivity (Wildman–Crippen MR) is 79.8 cm³/mol. The van der Waals surface area contributed by atoms with Crippen molar-refractivity contribution >= 4 is 12.2 Å². The molecule has 4 nitrogen and oxygen atoms in total. The Kier molecular flexibility index (Phi) is 3.90. The molecule has 0 radical (unpaired) electrons. The molecule has 108 valence electrons. The van der Waals surface area contributed by atoms with Crippen LogP contribution in [0.2, 0.25) is 0 Å². The molecule has 2 fully saturated rings. The maximum atomic E-state index is 11.1. The van der Waals surface area contributed by atoms with Gasteiger partial charge in [-0.2, -0.15) is 0 Å². The van der Waals surface area contributed by atoms with E-state index in [1.165, 1.54) is 30.4 Å². The van der Waals surface area contributed by atoms with E-state index in [-0.39, 0.29) is 6.04 Å². The molecule has 2 aliphatic heterocycles. The van der Waals surface area contributed by atoms with Gasteiger partial charge < -0.3 is 9.80 Å². The molecule has 0 aliphatic carbocycles. The molecular weight excluding hydrogens is 250 g/mol. The third-order valence-electron chi connectivity index (χ3n) is 4.54. The van der Waals surface area contributed by atoms with Gasteiger partial charge in [0.05, 0.1) is 6.04 Å². The number of aryl methyl sites for hydroxylation is 1. The van der Waals surface area contributed by atoms with Crippen LogP contribution in [0.25, 0.3) is 0 Å². The summed E-state index contributed by atoms with van der Waals surface area (Å²) in [7, 11) is 0. The summed E-state index contributed by atoms with van der Waals surface area (Å²) >= 11 is 0. The summed E-state index contributed by atoms with van der Waals surface area (Å²) in [6.45, 7) is 5.26. The molecule has 0 aromatic carbocycles. The molecule has 0 spiro atoms. The Morgan fingerprint density at radius 1 is 1.20 bits per heavy atom. The number of anilines is 1. The van der Waals surface area contributed by atoms with Crippen LogP contribution in [0.15, 0.2) is 12.3 Å². The normalized spacial score (nSPS) is 23.1. The van der Waals surface area contributed by atoms with Gasteiger partial charge in [0.2, 0.25) is 6.41 Å². The van der Waals surface area contributed by atoms with Crippen molar-refractivity contribution in [2.75, 3.05) is 24.5 Å². The van der Waals surface area contributed by atoms with Gasteiger partial charge in [-0.1, -0.05) is 0 Å². The topological polar surface area (TPSA) is 36.4 Å². The zero-order valence-corrected chi connectivity index (χ0v) is 12.2. The Labute approximate surface area is 120 Å². The lowest BCUT2D eigenvalue weighted by molar-refractivity contribution is -0.118. The summed E-state index contributed by atoms with van der Waals surface area (Å²) in [4.78, 5) is 20.1. The first-order valence-electron chi connectivity index (χ1n) is 7.72. The average Bonchev–Trinajstić information content (AvgIpc) is 2.96. The van der Waals surface area contributed by atoms with Crippen LogP contribution < -0.4 is 4.90 Å². The molecule has 0 bridgehead atoms. The van der Waals surface area contributed by atoms with Crippen molar-refractivity contribution in [3.63, 3.8) is 0 Å². The highest BCUT2D eigenvalue weighted by atomic mass is 16.1. The number of nitrogens with zero attached hydrogens (tertiary/aromatic N) is 3. The van der Waals surface area contributed by atoms with Crippen molar-refractivity contribution in [1.29, 1.82) is 0 Å². The number of pyridine rings is 1. The smallest absolute Gasteiger partial charge is 0.210 e. The molecule has 1 aromatic heterocycles. The zero-order chi connectivity index (χ0) is 13.9. The highest BCUT2D eigenvalue weighted by molar-refractivity contribution is 5.52. The van der Waals surface area contributed by atoms with E-state index in [2.05, 4.69) is 17.9 Å². The first kappa shape index (κ1) is 13.4. The van der Waals surface area contributed by atoms with Crippen LogP contribution in [0, 0.1) is 6.92 Å². The number of aromatic nitrogens is 1. The van der Waals surface area contributed by atoms with Crippen LogP contribution in [0.4, 0.5) is 5.82 Å². The summed E-state index contributed by atoms with van der Waals surface area (Å²) in [5.41, 5.74) is 2.43. The van der Waals surface area contributed by atoms with Gasteiger partial charge in [0.1, 0.15) is 5.82 Å². The number of rotatable bonds is 3. The van der Waals surface area contributed by atoms with Gasteiger partial charge in [-0.15, -0.1) is 0 Å². The van der Waals surface area contributed by atoms with E-state index in [4.69, 9.17) is 4.98 Å². The Hall–Kier alpha value is -1.58. The second kappa shape index (κ2) is 5.81. The zero-order valence-electron chi connectivity index (χ0n) is 12.2. The number of hydrogen-bond acceptors (Lipinski definition) is 3. The molecule has 1 atom stereocenters. The second-order valence-electron chi connectivity index (χ2n) is 5.96. The molecule has 1 unspecified atom stereocenters. The van der Waals surface area contributed by atoms with E-state index >= 15 is 0 Å². The lowest BCUT2D eigenvalue weighted by Gasteiger charge is -2.29. The molecule has 3 rings (SSSR count). The summed E-state index contributed by atoms with van der Waals surface area (Å²) in [6, 6.07) is 2.46. The van der Waals surface area contributed by atoms with Gasteiger partial charge in [-0.3, -0.25) is 4.79 Å². The largest absolute Gasteiger partial charge is 0.356 e. The maximum absolute atomic E-state index is 11.1. The SMILES string of the molecule is Cc1cc(C2CCCN2C=O)cnc1N1CCCCC1. The minimum absolute atomic E-state index is 0.231. The van der Waals surface area contributed by atoms with E-state index in [0.717, 1.165) is 44.7 Å². The number of amides is 1. The van der Waals surface area contributed by atoms with Crippen molar-refractivity contribution < 1.29 is 4.79 Å². The average molecular weight is 273 g/mol. The van der Waals surface area contributed by atoms with E-state index in [1.807, 2.05) is 11.1 Å². The molecule has 4 heteroatoms. The molecule has 20 heavy (non-hydrogen) atoms. The highest BCUT2D eigenvalue weighted by Crippen LogP contribution is 2.32. The lowest BCUT2D eigenvalue weighted by atomic mass is 10.0.